The van der Waals surface area contributed by atoms with Gasteiger partial charge in [0, 0.05) is 29.8 Å². The number of hydrogen-bond acceptors (Lipinski definition) is 8. The van der Waals surface area contributed by atoms with Crippen LogP contribution in [0.2, 0.25) is 10.0 Å². The average molecular weight is 709 g/mol. The number of nitrogens with one attached hydrogen (secondary N) is 1. The maximum absolute atomic E-state index is 13.4. The minimum atomic E-state index is -3.10. The van der Waals surface area contributed by atoms with Gasteiger partial charge in [0.1, 0.15) is 28.3 Å². The zero-order chi connectivity index (χ0) is 34.7. The molecule has 1 N–H and O–H groups in total. The van der Waals surface area contributed by atoms with Crippen LogP contribution in [0.3, 0.4) is 0 Å². The number of pyridine rings is 1. The fraction of sp³-hybridized carbons (Fsp3) is 0.394. The van der Waals surface area contributed by atoms with Crippen LogP contribution in [-0.4, -0.2) is 48.2 Å². The number of halogens is 4. The molecule has 1 aliphatic heterocycles. The smallest absolute Gasteiger partial charge is 0.412 e. The Morgan fingerprint density at radius 3 is 2.44 bits per heavy atom. The summed E-state index contributed by atoms with van der Waals surface area (Å²) in [5.74, 6) is -1.10. The van der Waals surface area contributed by atoms with Gasteiger partial charge < -0.3 is 29.1 Å². The first-order valence-corrected chi connectivity index (χ1v) is 15.8. The summed E-state index contributed by atoms with van der Waals surface area (Å²) < 4.78 is 48.3. The Kier molecular flexibility index (Phi) is 10.5. The maximum atomic E-state index is 13.4. The van der Waals surface area contributed by atoms with Crippen molar-refractivity contribution in [2.75, 3.05) is 18.5 Å². The van der Waals surface area contributed by atoms with Crippen molar-refractivity contribution in [1.82, 2.24) is 4.90 Å². The van der Waals surface area contributed by atoms with Gasteiger partial charge in [0.2, 0.25) is 0 Å². The van der Waals surface area contributed by atoms with Gasteiger partial charge in [-0.15, -0.1) is 0 Å². The van der Waals surface area contributed by atoms with Gasteiger partial charge in [-0.3, -0.25) is 14.9 Å². The van der Waals surface area contributed by atoms with Crippen LogP contribution in [0, 0.1) is 11.1 Å². The van der Waals surface area contributed by atoms with E-state index in [2.05, 4.69) is 10.1 Å². The number of nitrogens with zero attached hydrogens (tertiary/aromatic N) is 2. The molecule has 0 radical (unpaired) electrons. The van der Waals surface area contributed by atoms with Gasteiger partial charge in [-0.1, -0.05) is 35.3 Å². The summed E-state index contributed by atoms with van der Waals surface area (Å²) in [6.07, 6.45) is 2.22. The highest BCUT2D eigenvalue weighted by Gasteiger charge is 2.32. The third-order valence-electron chi connectivity index (χ3n) is 7.40. The Hall–Kier alpha value is -4.36. The molecule has 15 heteroatoms. The van der Waals surface area contributed by atoms with E-state index in [9.17, 15) is 28.4 Å². The van der Waals surface area contributed by atoms with Crippen molar-refractivity contribution in [3.8, 4) is 11.5 Å². The zero-order valence-corrected chi connectivity index (χ0v) is 27.8. The number of carbonyl (C=O) groups is 3. The molecule has 3 aromatic rings. The van der Waals surface area contributed by atoms with Crippen LogP contribution >= 0.6 is 23.2 Å². The fourth-order valence-electron chi connectivity index (χ4n) is 5.00. The Morgan fingerprint density at radius 2 is 1.79 bits per heavy atom. The lowest BCUT2D eigenvalue weighted by molar-refractivity contribution is -0.605. The van der Waals surface area contributed by atoms with Crippen LogP contribution in [0.4, 0.5) is 19.3 Å². The molecule has 11 nitrogen and oxygen atoms in total. The molecule has 1 aliphatic carbocycles. The molecule has 0 saturated heterocycles. The SMILES string of the molecule is CC(C)(C)OC(=O)Nc1ccc2c(c1)C(=O)N(CC(=O)O[C@@H](Cc1c(Cl)c[n+]([O-])cc1Cl)c1ccc(OC(F)F)c(OCC3CC3)c1)C2. The van der Waals surface area contributed by atoms with E-state index in [0.29, 0.717) is 45.2 Å². The molecule has 2 aromatic carbocycles. The topological polar surface area (TPSA) is 130 Å². The standard InChI is InChI=1S/C33H33Cl2F2N3O8/c1-33(2,3)48-32(43)38-21-8-6-20-13-39(30(42)22(20)11-21)16-29(41)46-27(12-23-24(34)14-40(44)15-25(23)35)19-7-9-26(47-31(36)37)28(10-19)45-17-18-4-5-18/h6-11,14-15,18,27,31H,4-5,12-13,16-17H2,1-3H3,(H,38,43)/t27-/m0/s1. The van der Waals surface area contributed by atoms with E-state index in [1.807, 2.05) is 0 Å². The van der Waals surface area contributed by atoms with Crippen molar-refractivity contribution >= 4 is 46.9 Å². The van der Waals surface area contributed by atoms with Crippen LogP contribution in [0.25, 0.3) is 0 Å². The molecule has 48 heavy (non-hydrogen) atoms. The third kappa shape index (κ3) is 9.16. The minimum Gasteiger partial charge on any atom is -0.619 e. The summed E-state index contributed by atoms with van der Waals surface area (Å²) in [5.41, 5.74) is 1.21. The number of aromatic nitrogens is 1. The van der Waals surface area contributed by atoms with Gasteiger partial charge in [-0.25, -0.2) is 4.79 Å². The van der Waals surface area contributed by atoms with Crippen molar-refractivity contribution in [3.63, 3.8) is 0 Å². The average Bonchev–Trinajstić information content (AvgIpc) is 3.76. The lowest BCUT2D eigenvalue weighted by Gasteiger charge is -2.23. The molecule has 1 aromatic heterocycles. The first kappa shape index (κ1) is 35.0. The molecule has 256 valence electrons. The lowest BCUT2D eigenvalue weighted by Crippen LogP contribution is -2.32. The fourth-order valence-corrected chi connectivity index (χ4v) is 5.60. The second-order valence-electron chi connectivity index (χ2n) is 12.5. The van der Waals surface area contributed by atoms with Crippen LogP contribution in [-0.2, 0) is 27.2 Å². The second kappa shape index (κ2) is 14.4. The number of fused-ring (bicyclic) bond motifs is 1. The number of esters is 1. The highest BCUT2D eigenvalue weighted by Crippen LogP contribution is 2.38. The Morgan fingerprint density at radius 1 is 1.08 bits per heavy atom. The number of benzene rings is 2. The van der Waals surface area contributed by atoms with Gasteiger partial charge in [-0.2, -0.15) is 13.5 Å². The van der Waals surface area contributed by atoms with Gasteiger partial charge in [-0.05, 0) is 74.9 Å². The van der Waals surface area contributed by atoms with E-state index in [4.69, 9.17) is 37.4 Å². The first-order chi connectivity index (χ1) is 22.6. The molecule has 1 saturated carbocycles. The molecule has 5 rings (SSSR count). The van der Waals surface area contributed by atoms with Crippen LogP contribution < -0.4 is 19.5 Å². The molecule has 0 bridgehead atoms. The van der Waals surface area contributed by atoms with E-state index in [1.54, 1.807) is 32.9 Å². The second-order valence-corrected chi connectivity index (χ2v) is 13.3. The number of hydrogen-bond donors (Lipinski definition) is 1. The van der Waals surface area contributed by atoms with Crippen molar-refractivity contribution < 1.29 is 46.8 Å². The number of amides is 2. The maximum Gasteiger partial charge on any atom is 0.412 e. The van der Waals surface area contributed by atoms with Crippen molar-refractivity contribution in [2.24, 2.45) is 5.92 Å². The molecule has 2 amide bonds. The van der Waals surface area contributed by atoms with Crippen LogP contribution in [0.5, 0.6) is 11.5 Å². The van der Waals surface area contributed by atoms with Crippen molar-refractivity contribution in [1.29, 1.82) is 0 Å². The van der Waals surface area contributed by atoms with Gasteiger partial charge in [0.25, 0.3) is 5.91 Å². The number of ether oxygens (including phenoxy) is 4. The quantitative estimate of drug-likeness (QED) is 0.123. The molecule has 1 fully saturated rings. The lowest BCUT2D eigenvalue weighted by atomic mass is 10.0. The number of alkyl halides is 2. The Balaban J connectivity index is 1.35. The number of rotatable bonds is 12. The van der Waals surface area contributed by atoms with E-state index in [1.165, 1.54) is 29.2 Å². The van der Waals surface area contributed by atoms with Gasteiger partial charge >= 0.3 is 18.7 Å². The normalized spacial score (nSPS) is 14.8. The summed E-state index contributed by atoms with van der Waals surface area (Å²) >= 11 is 12.7. The summed E-state index contributed by atoms with van der Waals surface area (Å²) in [5, 5.41) is 14.5. The molecular formula is C33H33Cl2F2N3O8. The van der Waals surface area contributed by atoms with E-state index in [0.717, 1.165) is 25.2 Å². The summed E-state index contributed by atoms with van der Waals surface area (Å²) in [6.45, 7) is 2.04. The predicted molar refractivity (Wildman–Crippen MR) is 170 cm³/mol. The van der Waals surface area contributed by atoms with E-state index in [-0.39, 0.29) is 34.5 Å². The zero-order valence-electron chi connectivity index (χ0n) is 26.3. The van der Waals surface area contributed by atoms with Crippen LogP contribution in [0.15, 0.2) is 48.8 Å². The monoisotopic (exact) mass is 707 g/mol. The predicted octanol–water partition coefficient (Wildman–Crippen LogP) is 6.85. The van der Waals surface area contributed by atoms with Crippen LogP contribution in [0.1, 0.15) is 66.8 Å². The third-order valence-corrected chi connectivity index (χ3v) is 8.05. The molecule has 0 unspecified atom stereocenters. The van der Waals surface area contributed by atoms with E-state index >= 15 is 0 Å². The molecule has 0 spiro atoms. The number of carbonyl (C=O) groups excluding carboxylic acids is 3. The molecular weight excluding hydrogens is 675 g/mol. The highest BCUT2D eigenvalue weighted by atomic mass is 35.5. The van der Waals surface area contributed by atoms with Crippen molar-refractivity contribution in [2.45, 2.75) is 64.9 Å². The highest BCUT2D eigenvalue weighted by molar-refractivity contribution is 6.35. The van der Waals surface area contributed by atoms with Gasteiger partial charge in [0.15, 0.2) is 23.9 Å². The number of anilines is 1. The first-order valence-electron chi connectivity index (χ1n) is 15.0. The van der Waals surface area contributed by atoms with Gasteiger partial charge in [0.05, 0.1) is 6.61 Å². The Bertz CT molecular complexity index is 1690. The summed E-state index contributed by atoms with van der Waals surface area (Å²) in [4.78, 5) is 40.2. The van der Waals surface area contributed by atoms with E-state index < -0.39 is 42.8 Å². The molecule has 1 atom stereocenters. The Labute approximate surface area is 285 Å². The summed E-state index contributed by atoms with van der Waals surface area (Å²) in [6, 6.07) is 8.96. The molecule has 2 aliphatic rings. The van der Waals surface area contributed by atoms with Crippen molar-refractivity contribution in [3.05, 3.63) is 86.3 Å². The largest absolute Gasteiger partial charge is 0.619 e. The summed E-state index contributed by atoms with van der Waals surface area (Å²) in [7, 11) is 0. The molecule has 2 heterocycles. The minimum absolute atomic E-state index is 0.0161.